The van der Waals surface area contributed by atoms with E-state index in [0.717, 1.165) is 0 Å². The van der Waals surface area contributed by atoms with Gasteiger partial charge in [0.1, 0.15) is 0 Å². The van der Waals surface area contributed by atoms with Crippen LogP contribution in [-0.2, 0) is 20.8 Å². The summed E-state index contributed by atoms with van der Waals surface area (Å²) in [5.74, 6) is 0. The molecule has 0 aliphatic carbocycles. The van der Waals surface area contributed by atoms with Crippen molar-refractivity contribution < 1.29 is 35.0 Å². The van der Waals surface area contributed by atoms with Crippen LogP contribution >= 0.6 is 0 Å². The zero-order valence-electron chi connectivity index (χ0n) is 14.0. The van der Waals surface area contributed by atoms with Crippen LogP contribution in [0.2, 0.25) is 3.67 Å². The Bertz CT molecular complexity index is 366. The van der Waals surface area contributed by atoms with Crippen LogP contribution in [0.4, 0.5) is 0 Å². The molecule has 23 heavy (non-hydrogen) atoms. The quantitative estimate of drug-likeness (QED) is 0.253. The van der Waals surface area contributed by atoms with Gasteiger partial charge in [0.25, 0.3) is 0 Å². The van der Waals surface area contributed by atoms with Gasteiger partial charge < -0.3 is 0 Å². The maximum absolute atomic E-state index is 8.74. The number of hydrogen-bond acceptors (Lipinski definition) is 4. The predicted octanol–water partition coefficient (Wildman–Crippen LogP) is 3.19. The van der Waals surface area contributed by atoms with Gasteiger partial charge in [0.15, 0.2) is 0 Å². The fourth-order valence-corrected chi connectivity index (χ4v) is 2.24. The minimum Gasteiger partial charge on any atom is -0.264 e. The first-order valence-electron chi connectivity index (χ1n) is 7.81. The van der Waals surface area contributed by atoms with Crippen LogP contribution in [0.15, 0.2) is 0 Å². The Hall–Kier alpha value is 0.740. The molecule has 138 valence electrons. The van der Waals surface area contributed by atoms with Crippen molar-refractivity contribution in [2.24, 2.45) is 0 Å². The second-order valence-corrected chi connectivity index (χ2v) is 7.87. The maximum Gasteiger partial charge on any atom is 0.394 e. The number of rotatable bonds is 10. The summed E-state index contributed by atoms with van der Waals surface area (Å²) in [7, 11) is -9.33. The van der Waals surface area contributed by atoms with Crippen molar-refractivity contribution in [1.29, 1.82) is 0 Å². The summed E-state index contributed by atoms with van der Waals surface area (Å²) in [5, 5.41) is 0. The molecule has 8 nitrogen and oxygen atoms in total. The molecular formula is C12H29NaO8S2. The molecule has 0 bridgehead atoms. The van der Waals surface area contributed by atoms with Gasteiger partial charge in [-0.1, -0.05) is 0 Å². The van der Waals surface area contributed by atoms with Gasteiger partial charge in [-0.15, -0.1) is 0 Å². The van der Waals surface area contributed by atoms with E-state index < -0.39 is 20.8 Å². The maximum atomic E-state index is 8.74. The Morgan fingerprint density at radius 2 is 0.826 bits per heavy atom. The minimum atomic E-state index is -4.67. The molecule has 0 heterocycles. The van der Waals surface area contributed by atoms with Crippen molar-refractivity contribution >= 4 is 48.7 Å². The molecule has 0 aliphatic rings. The third-order valence-corrected chi connectivity index (χ3v) is 3.41. The molecule has 0 aromatic carbocycles. The molecule has 0 spiro atoms. The van der Waals surface area contributed by atoms with Gasteiger partial charge >= 0.3 is 124 Å². The van der Waals surface area contributed by atoms with Gasteiger partial charge in [0, 0.05) is 0 Å². The second-order valence-electron chi connectivity index (χ2n) is 5.08. The van der Waals surface area contributed by atoms with Crippen LogP contribution in [0.5, 0.6) is 0 Å². The first-order chi connectivity index (χ1) is 10.4. The topological polar surface area (TPSA) is 149 Å². The van der Waals surface area contributed by atoms with Gasteiger partial charge in [-0.25, -0.2) is 0 Å². The Kier molecular flexibility index (Phi) is 23.7. The standard InChI is InChI=1S/C12H25.Na.2H2O4S/c1-3-5-7-9-11-12-10-8-6-4-2;;2*1-5(2,3)4/h1,3-12H2,2H3;;2*(H2,1,2,3,4). The van der Waals surface area contributed by atoms with Crippen molar-refractivity contribution in [1.82, 2.24) is 0 Å². The zero-order valence-corrected chi connectivity index (χ0v) is 17.6. The summed E-state index contributed by atoms with van der Waals surface area (Å²) in [5.41, 5.74) is 0. The van der Waals surface area contributed by atoms with E-state index in [0.29, 0.717) is 0 Å². The van der Waals surface area contributed by atoms with E-state index in [2.05, 4.69) is 6.92 Å². The first-order valence-corrected chi connectivity index (χ1v) is 12.0. The van der Waals surface area contributed by atoms with E-state index in [1.807, 2.05) is 0 Å². The van der Waals surface area contributed by atoms with E-state index in [1.165, 1.54) is 95.8 Å². The minimum absolute atomic E-state index is 1.38. The fourth-order valence-electron chi connectivity index (χ4n) is 1.74. The van der Waals surface area contributed by atoms with E-state index in [1.54, 1.807) is 0 Å². The van der Waals surface area contributed by atoms with Gasteiger partial charge in [-0.2, -0.15) is 16.8 Å². The molecule has 0 rings (SSSR count). The molecular weight excluding hydrogens is 359 g/mol. The normalized spacial score (nSPS) is 11.1. The summed E-state index contributed by atoms with van der Waals surface area (Å²) >= 11 is 1.41. The second kappa shape index (κ2) is 19.1. The Balaban J connectivity index is -0.000000329. The van der Waals surface area contributed by atoms with Crippen LogP contribution in [0, 0.1) is 0 Å². The van der Waals surface area contributed by atoms with Crippen molar-refractivity contribution in [2.75, 3.05) is 0 Å². The molecule has 0 saturated carbocycles. The summed E-state index contributed by atoms with van der Waals surface area (Å²) in [4.78, 5) is 0. The predicted molar refractivity (Wildman–Crippen MR) is 90.8 cm³/mol. The summed E-state index contributed by atoms with van der Waals surface area (Å²) in [6.45, 7) is 2.29. The van der Waals surface area contributed by atoms with Gasteiger partial charge in [-0.3, -0.25) is 18.2 Å². The molecule has 0 fully saturated rings. The van der Waals surface area contributed by atoms with Crippen LogP contribution in [0.25, 0.3) is 0 Å². The average molecular weight is 388 g/mol. The Labute approximate surface area is 158 Å². The SMILES string of the molecule is CCCCCCCCCCC[CH2][Na].O=S(=O)(O)O.O=S(=O)(O)O. The Morgan fingerprint density at radius 1 is 0.609 bits per heavy atom. The van der Waals surface area contributed by atoms with Crippen LogP contribution in [0.1, 0.15) is 71.1 Å². The van der Waals surface area contributed by atoms with Crippen molar-refractivity contribution in [2.45, 2.75) is 74.8 Å². The summed E-state index contributed by atoms with van der Waals surface area (Å²) in [6, 6.07) is 0. The monoisotopic (exact) mass is 388 g/mol. The summed E-state index contributed by atoms with van der Waals surface area (Å²) < 4.78 is 64.7. The molecule has 0 unspecified atom stereocenters. The van der Waals surface area contributed by atoms with Crippen molar-refractivity contribution in [3.63, 3.8) is 0 Å². The molecule has 0 saturated heterocycles. The van der Waals surface area contributed by atoms with Gasteiger partial charge in [0.2, 0.25) is 0 Å². The van der Waals surface area contributed by atoms with E-state index in [-0.39, 0.29) is 0 Å². The number of hydrogen-bond donors (Lipinski definition) is 4. The molecule has 0 aliphatic heterocycles. The van der Waals surface area contributed by atoms with Gasteiger partial charge in [-0.05, 0) is 0 Å². The average Bonchev–Trinajstić information content (AvgIpc) is 2.33. The summed E-state index contributed by atoms with van der Waals surface area (Å²) in [6.07, 6.45) is 14.7. The largest absolute Gasteiger partial charge is 0.394 e. The molecule has 0 radical (unpaired) electrons. The Morgan fingerprint density at radius 3 is 1.04 bits per heavy atom. The smallest absolute Gasteiger partial charge is 0.264 e. The number of unbranched alkanes of at least 4 members (excludes halogenated alkanes) is 9. The molecule has 4 N–H and O–H groups in total. The van der Waals surface area contributed by atoms with Gasteiger partial charge in [0.05, 0.1) is 0 Å². The van der Waals surface area contributed by atoms with Crippen molar-refractivity contribution in [3.8, 4) is 0 Å². The molecule has 0 aromatic rings. The van der Waals surface area contributed by atoms with Crippen LogP contribution < -0.4 is 0 Å². The third kappa shape index (κ3) is 84.8. The molecule has 11 heteroatoms. The van der Waals surface area contributed by atoms with E-state index in [4.69, 9.17) is 35.0 Å². The molecule has 0 atom stereocenters. The van der Waals surface area contributed by atoms with Crippen LogP contribution in [-0.4, -0.2) is 63.0 Å². The van der Waals surface area contributed by atoms with E-state index in [9.17, 15) is 0 Å². The van der Waals surface area contributed by atoms with Crippen LogP contribution in [0.3, 0.4) is 0 Å². The third-order valence-electron chi connectivity index (χ3n) is 2.71. The van der Waals surface area contributed by atoms with Crippen molar-refractivity contribution in [3.05, 3.63) is 0 Å². The molecule has 0 amide bonds. The fraction of sp³-hybridized carbons (Fsp3) is 1.00. The first kappa shape index (κ1) is 28.5. The molecule has 0 aromatic heterocycles. The van der Waals surface area contributed by atoms with E-state index >= 15 is 0 Å². The zero-order chi connectivity index (χ0) is 18.8.